The maximum absolute atomic E-state index is 11.9. The number of carbonyl (C=O) groups is 1. The Hall–Kier alpha value is -0.650. The van der Waals surface area contributed by atoms with E-state index in [-0.39, 0.29) is 12.1 Å². The van der Waals surface area contributed by atoms with Crippen LogP contribution in [0, 0.1) is 0 Å². The number of rotatable bonds is 6. The van der Waals surface area contributed by atoms with Crippen LogP contribution in [-0.4, -0.2) is 74.4 Å². The van der Waals surface area contributed by atoms with E-state index in [1.807, 2.05) is 0 Å². The number of likely N-dealkylation sites (tertiary alicyclic amines) is 1. The van der Waals surface area contributed by atoms with E-state index in [1.165, 1.54) is 6.42 Å². The van der Waals surface area contributed by atoms with Crippen LogP contribution in [-0.2, 0) is 14.3 Å². The second-order valence-electron chi connectivity index (χ2n) is 5.73. The SMILES string of the molecule is CCCN1CCC(OC(=O)CCN2CCOCC2)CC1. The van der Waals surface area contributed by atoms with E-state index in [0.717, 1.165) is 65.3 Å². The molecule has 0 aromatic rings. The van der Waals surface area contributed by atoms with E-state index in [4.69, 9.17) is 9.47 Å². The first-order valence-corrected chi connectivity index (χ1v) is 8.00. The van der Waals surface area contributed by atoms with Gasteiger partial charge in [-0.15, -0.1) is 0 Å². The highest BCUT2D eigenvalue weighted by Crippen LogP contribution is 2.14. The predicted molar refractivity (Wildman–Crippen MR) is 77.7 cm³/mol. The molecule has 0 N–H and O–H groups in total. The van der Waals surface area contributed by atoms with Gasteiger partial charge < -0.3 is 14.4 Å². The molecule has 0 aromatic carbocycles. The summed E-state index contributed by atoms with van der Waals surface area (Å²) in [5.41, 5.74) is 0. The van der Waals surface area contributed by atoms with Gasteiger partial charge in [-0.25, -0.2) is 0 Å². The molecule has 0 saturated carbocycles. The van der Waals surface area contributed by atoms with E-state index in [9.17, 15) is 4.79 Å². The third-order valence-electron chi connectivity index (χ3n) is 4.11. The van der Waals surface area contributed by atoms with Crippen LogP contribution >= 0.6 is 0 Å². The second-order valence-corrected chi connectivity index (χ2v) is 5.73. The summed E-state index contributed by atoms with van der Waals surface area (Å²) in [4.78, 5) is 16.6. The Bertz CT molecular complexity index is 285. The molecule has 0 spiro atoms. The van der Waals surface area contributed by atoms with Gasteiger partial charge in [0.25, 0.3) is 0 Å². The van der Waals surface area contributed by atoms with Gasteiger partial charge in [0.15, 0.2) is 0 Å². The van der Waals surface area contributed by atoms with Crippen molar-refractivity contribution in [2.75, 3.05) is 52.5 Å². The number of hydrogen-bond acceptors (Lipinski definition) is 5. The monoisotopic (exact) mass is 284 g/mol. The standard InChI is InChI=1S/C15H28N2O3/c1-2-6-16-7-3-14(4-8-16)20-15(18)5-9-17-10-12-19-13-11-17/h14H,2-13H2,1H3. The van der Waals surface area contributed by atoms with Gasteiger partial charge in [0.2, 0.25) is 0 Å². The number of nitrogens with zero attached hydrogens (tertiary/aromatic N) is 2. The molecule has 20 heavy (non-hydrogen) atoms. The molecule has 0 radical (unpaired) electrons. The first kappa shape index (κ1) is 15.7. The molecule has 2 heterocycles. The number of carbonyl (C=O) groups excluding carboxylic acids is 1. The summed E-state index contributed by atoms with van der Waals surface area (Å²) in [6.07, 6.45) is 3.83. The Morgan fingerprint density at radius 1 is 1.10 bits per heavy atom. The molecular weight excluding hydrogens is 256 g/mol. The molecule has 0 aromatic heterocycles. The van der Waals surface area contributed by atoms with E-state index >= 15 is 0 Å². The van der Waals surface area contributed by atoms with Crippen molar-refractivity contribution in [1.82, 2.24) is 9.80 Å². The molecule has 116 valence electrons. The topological polar surface area (TPSA) is 42.0 Å². The van der Waals surface area contributed by atoms with Crippen LogP contribution < -0.4 is 0 Å². The fourth-order valence-electron chi connectivity index (χ4n) is 2.89. The smallest absolute Gasteiger partial charge is 0.307 e. The van der Waals surface area contributed by atoms with Crippen molar-refractivity contribution < 1.29 is 14.3 Å². The van der Waals surface area contributed by atoms with Gasteiger partial charge in [-0.1, -0.05) is 6.92 Å². The molecule has 5 nitrogen and oxygen atoms in total. The molecule has 2 rings (SSSR count). The van der Waals surface area contributed by atoms with E-state index in [1.54, 1.807) is 0 Å². The molecule has 0 bridgehead atoms. The molecule has 0 aliphatic carbocycles. The zero-order chi connectivity index (χ0) is 14.2. The number of piperidine rings is 1. The molecule has 0 atom stereocenters. The molecular formula is C15H28N2O3. The molecule has 5 heteroatoms. The Labute approximate surface area is 122 Å². The second kappa shape index (κ2) is 8.60. The zero-order valence-electron chi connectivity index (χ0n) is 12.7. The van der Waals surface area contributed by atoms with Crippen LogP contribution in [0.3, 0.4) is 0 Å². The molecule has 0 unspecified atom stereocenters. The van der Waals surface area contributed by atoms with Crippen molar-refractivity contribution in [2.24, 2.45) is 0 Å². The Morgan fingerprint density at radius 2 is 1.75 bits per heavy atom. The van der Waals surface area contributed by atoms with Crippen LogP contribution in [0.15, 0.2) is 0 Å². The number of morpholine rings is 1. The highest BCUT2D eigenvalue weighted by molar-refractivity contribution is 5.69. The van der Waals surface area contributed by atoms with Gasteiger partial charge in [0, 0.05) is 32.7 Å². The van der Waals surface area contributed by atoms with Crippen LogP contribution in [0.25, 0.3) is 0 Å². The van der Waals surface area contributed by atoms with E-state index in [2.05, 4.69) is 16.7 Å². The summed E-state index contributed by atoms with van der Waals surface area (Å²) in [5, 5.41) is 0. The van der Waals surface area contributed by atoms with Crippen molar-refractivity contribution >= 4 is 5.97 Å². The van der Waals surface area contributed by atoms with Gasteiger partial charge in [-0.05, 0) is 25.8 Å². The normalized spacial score (nSPS) is 22.9. The highest BCUT2D eigenvalue weighted by atomic mass is 16.5. The Morgan fingerprint density at radius 3 is 2.40 bits per heavy atom. The lowest BCUT2D eigenvalue weighted by Crippen LogP contribution is -2.39. The fraction of sp³-hybridized carbons (Fsp3) is 0.933. The van der Waals surface area contributed by atoms with Gasteiger partial charge in [0.05, 0.1) is 19.6 Å². The molecule has 0 amide bonds. The molecule has 2 saturated heterocycles. The van der Waals surface area contributed by atoms with E-state index in [0.29, 0.717) is 6.42 Å². The van der Waals surface area contributed by atoms with Gasteiger partial charge >= 0.3 is 5.97 Å². The van der Waals surface area contributed by atoms with Crippen LogP contribution in [0.4, 0.5) is 0 Å². The van der Waals surface area contributed by atoms with Gasteiger partial charge in [-0.2, -0.15) is 0 Å². The highest BCUT2D eigenvalue weighted by Gasteiger charge is 2.22. The minimum Gasteiger partial charge on any atom is -0.462 e. The third-order valence-corrected chi connectivity index (χ3v) is 4.11. The van der Waals surface area contributed by atoms with Crippen molar-refractivity contribution in [3.05, 3.63) is 0 Å². The lowest BCUT2D eigenvalue weighted by Gasteiger charge is -2.31. The zero-order valence-corrected chi connectivity index (χ0v) is 12.7. The average Bonchev–Trinajstić information content (AvgIpc) is 2.49. The number of hydrogen-bond donors (Lipinski definition) is 0. The predicted octanol–water partition coefficient (Wildman–Crippen LogP) is 1.13. The average molecular weight is 284 g/mol. The summed E-state index contributed by atoms with van der Waals surface area (Å²) in [6.45, 7) is 9.73. The van der Waals surface area contributed by atoms with E-state index < -0.39 is 0 Å². The van der Waals surface area contributed by atoms with Crippen molar-refractivity contribution in [3.63, 3.8) is 0 Å². The maximum Gasteiger partial charge on any atom is 0.307 e. The fourth-order valence-corrected chi connectivity index (χ4v) is 2.89. The van der Waals surface area contributed by atoms with Crippen molar-refractivity contribution in [2.45, 2.75) is 38.7 Å². The summed E-state index contributed by atoms with van der Waals surface area (Å²) in [5.74, 6) is -0.0366. The number of esters is 1. The summed E-state index contributed by atoms with van der Waals surface area (Å²) >= 11 is 0. The quantitative estimate of drug-likeness (QED) is 0.684. The van der Waals surface area contributed by atoms with Crippen molar-refractivity contribution in [3.8, 4) is 0 Å². The number of ether oxygens (including phenoxy) is 2. The van der Waals surface area contributed by atoms with Gasteiger partial charge in [-0.3, -0.25) is 9.69 Å². The third kappa shape index (κ3) is 5.38. The summed E-state index contributed by atoms with van der Waals surface area (Å²) in [7, 11) is 0. The molecule has 2 aliphatic rings. The summed E-state index contributed by atoms with van der Waals surface area (Å²) in [6, 6.07) is 0. The first-order chi connectivity index (χ1) is 9.78. The summed E-state index contributed by atoms with van der Waals surface area (Å²) < 4.78 is 10.9. The van der Waals surface area contributed by atoms with Crippen LogP contribution in [0.1, 0.15) is 32.6 Å². The maximum atomic E-state index is 11.9. The van der Waals surface area contributed by atoms with Crippen molar-refractivity contribution in [1.29, 1.82) is 0 Å². The Balaban J connectivity index is 1.57. The minimum absolute atomic E-state index is 0.0366. The largest absolute Gasteiger partial charge is 0.462 e. The van der Waals surface area contributed by atoms with Crippen LogP contribution in [0.5, 0.6) is 0 Å². The van der Waals surface area contributed by atoms with Crippen LogP contribution in [0.2, 0.25) is 0 Å². The Kier molecular flexibility index (Phi) is 6.76. The molecule has 2 aliphatic heterocycles. The minimum atomic E-state index is -0.0366. The molecule has 2 fully saturated rings. The lowest BCUT2D eigenvalue weighted by molar-refractivity contribution is -0.151. The van der Waals surface area contributed by atoms with Gasteiger partial charge in [0.1, 0.15) is 6.10 Å². The first-order valence-electron chi connectivity index (χ1n) is 8.00. The lowest BCUT2D eigenvalue weighted by atomic mass is 10.1.